The maximum atomic E-state index is 12.8. The highest BCUT2D eigenvalue weighted by molar-refractivity contribution is 5.88. The summed E-state index contributed by atoms with van der Waals surface area (Å²) in [5.74, 6) is 0.162. The van der Waals surface area contributed by atoms with Crippen LogP contribution in [0.4, 0.5) is 0 Å². The lowest BCUT2D eigenvalue weighted by Gasteiger charge is -2.40. The van der Waals surface area contributed by atoms with E-state index in [1.165, 1.54) is 0 Å². The molecule has 2 amide bonds. The molecule has 3 N–H and O–H groups in total. The summed E-state index contributed by atoms with van der Waals surface area (Å²) in [4.78, 5) is 26.4. The van der Waals surface area contributed by atoms with E-state index in [1.807, 2.05) is 0 Å². The first-order valence-electron chi connectivity index (χ1n) is 7.40. The molecular formula is C14H25N3O3. The van der Waals surface area contributed by atoms with Crippen molar-refractivity contribution < 1.29 is 14.3 Å². The fourth-order valence-corrected chi connectivity index (χ4v) is 3.16. The molecule has 0 radical (unpaired) electrons. The number of nitrogens with zero attached hydrogens (tertiary/aromatic N) is 1. The fraction of sp³-hybridized carbons (Fsp3) is 0.857. The Balaban J connectivity index is 2.10. The fourth-order valence-electron chi connectivity index (χ4n) is 3.16. The second-order valence-corrected chi connectivity index (χ2v) is 5.89. The summed E-state index contributed by atoms with van der Waals surface area (Å²) < 4.78 is 5.34. The van der Waals surface area contributed by atoms with E-state index in [0.29, 0.717) is 19.1 Å². The van der Waals surface area contributed by atoms with Crippen LogP contribution >= 0.6 is 0 Å². The summed E-state index contributed by atoms with van der Waals surface area (Å²) in [7, 11) is 1.58. The topological polar surface area (TPSA) is 84.7 Å². The van der Waals surface area contributed by atoms with Crippen molar-refractivity contribution >= 4 is 11.8 Å². The minimum Gasteiger partial charge on any atom is -0.377 e. The molecule has 1 aliphatic carbocycles. The minimum atomic E-state index is -0.508. The van der Waals surface area contributed by atoms with E-state index in [9.17, 15) is 9.59 Å². The monoisotopic (exact) mass is 283 g/mol. The van der Waals surface area contributed by atoms with Gasteiger partial charge in [-0.05, 0) is 25.2 Å². The molecule has 1 saturated heterocycles. The lowest BCUT2D eigenvalue weighted by Crippen LogP contribution is -2.58. The van der Waals surface area contributed by atoms with Crippen molar-refractivity contribution in [1.29, 1.82) is 0 Å². The molecule has 6 heteroatoms. The molecule has 114 valence electrons. The molecule has 0 aromatic heterocycles. The van der Waals surface area contributed by atoms with E-state index in [0.717, 1.165) is 19.3 Å². The van der Waals surface area contributed by atoms with Crippen LogP contribution in [0.3, 0.4) is 0 Å². The van der Waals surface area contributed by atoms with Gasteiger partial charge in [0.05, 0.1) is 13.2 Å². The third-order valence-corrected chi connectivity index (χ3v) is 4.51. The molecule has 1 heterocycles. The molecule has 0 spiro atoms. The number of hydrogen-bond donors (Lipinski definition) is 2. The molecule has 4 atom stereocenters. The number of hydrogen-bond acceptors (Lipinski definition) is 4. The van der Waals surface area contributed by atoms with Gasteiger partial charge < -0.3 is 20.7 Å². The SMILES string of the molecule is CNC(=O)C1COCCN1C(=O)C1CC(N)CCC1C. The van der Waals surface area contributed by atoms with Gasteiger partial charge in [0, 0.05) is 25.6 Å². The average molecular weight is 283 g/mol. The van der Waals surface area contributed by atoms with Crippen molar-refractivity contribution in [2.75, 3.05) is 26.8 Å². The predicted octanol–water partition coefficient (Wildman–Crippen LogP) is -0.277. The Morgan fingerprint density at radius 3 is 2.80 bits per heavy atom. The number of ether oxygens (including phenoxy) is 1. The van der Waals surface area contributed by atoms with Crippen LogP contribution in [0.2, 0.25) is 0 Å². The third kappa shape index (κ3) is 3.12. The Labute approximate surface area is 120 Å². The Morgan fingerprint density at radius 1 is 1.35 bits per heavy atom. The van der Waals surface area contributed by atoms with Crippen molar-refractivity contribution in [3.8, 4) is 0 Å². The molecular weight excluding hydrogens is 258 g/mol. The molecule has 2 aliphatic rings. The largest absolute Gasteiger partial charge is 0.377 e. The standard InChI is InChI=1S/C14H25N3O3/c1-9-3-4-10(15)7-11(9)14(19)17-5-6-20-8-12(17)13(18)16-2/h9-12H,3-8,15H2,1-2H3,(H,16,18). The highest BCUT2D eigenvalue weighted by Gasteiger charge is 2.39. The molecule has 0 bridgehead atoms. The van der Waals surface area contributed by atoms with E-state index in [2.05, 4.69) is 12.2 Å². The summed E-state index contributed by atoms with van der Waals surface area (Å²) in [5, 5.41) is 2.60. The number of nitrogens with two attached hydrogens (primary N) is 1. The first kappa shape index (κ1) is 15.3. The highest BCUT2D eigenvalue weighted by atomic mass is 16.5. The minimum absolute atomic E-state index is 0.0598. The summed E-state index contributed by atoms with van der Waals surface area (Å²) in [6.45, 7) is 3.35. The molecule has 6 nitrogen and oxygen atoms in total. The van der Waals surface area contributed by atoms with Crippen LogP contribution in [-0.4, -0.2) is 55.6 Å². The van der Waals surface area contributed by atoms with E-state index < -0.39 is 6.04 Å². The number of rotatable bonds is 2. The first-order valence-corrected chi connectivity index (χ1v) is 7.40. The third-order valence-electron chi connectivity index (χ3n) is 4.51. The summed E-state index contributed by atoms with van der Waals surface area (Å²) >= 11 is 0. The van der Waals surface area contributed by atoms with Crippen LogP contribution in [0.1, 0.15) is 26.2 Å². The molecule has 2 fully saturated rings. The van der Waals surface area contributed by atoms with Gasteiger partial charge in [0.2, 0.25) is 11.8 Å². The number of carbonyl (C=O) groups is 2. The van der Waals surface area contributed by atoms with Gasteiger partial charge in [-0.25, -0.2) is 0 Å². The van der Waals surface area contributed by atoms with E-state index in [4.69, 9.17) is 10.5 Å². The number of carbonyl (C=O) groups excluding carboxylic acids is 2. The normalized spacial score (nSPS) is 34.6. The van der Waals surface area contributed by atoms with E-state index >= 15 is 0 Å². The van der Waals surface area contributed by atoms with Gasteiger partial charge in [-0.1, -0.05) is 6.92 Å². The van der Waals surface area contributed by atoms with Crippen LogP contribution in [0.5, 0.6) is 0 Å². The summed E-state index contributed by atoms with van der Waals surface area (Å²) in [6, 6.07) is -0.411. The molecule has 2 rings (SSSR count). The molecule has 4 unspecified atom stereocenters. The average Bonchev–Trinajstić information content (AvgIpc) is 2.48. The van der Waals surface area contributed by atoms with Crippen molar-refractivity contribution in [1.82, 2.24) is 10.2 Å². The van der Waals surface area contributed by atoms with Crippen molar-refractivity contribution in [3.63, 3.8) is 0 Å². The van der Waals surface area contributed by atoms with Crippen LogP contribution in [0, 0.1) is 11.8 Å². The molecule has 1 saturated carbocycles. The smallest absolute Gasteiger partial charge is 0.244 e. The Bertz CT molecular complexity index is 375. The van der Waals surface area contributed by atoms with Gasteiger partial charge in [-0.2, -0.15) is 0 Å². The van der Waals surface area contributed by atoms with Crippen LogP contribution in [0.15, 0.2) is 0 Å². The van der Waals surface area contributed by atoms with Gasteiger partial charge in [0.25, 0.3) is 0 Å². The first-order chi connectivity index (χ1) is 9.54. The lowest BCUT2D eigenvalue weighted by atomic mass is 9.77. The number of morpholine rings is 1. The Hall–Kier alpha value is -1.14. The van der Waals surface area contributed by atoms with E-state index in [1.54, 1.807) is 11.9 Å². The molecule has 1 aliphatic heterocycles. The van der Waals surface area contributed by atoms with Gasteiger partial charge in [-0.3, -0.25) is 9.59 Å². The lowest BCUT2D eigenvalue weighted by molar-refractivity contribution is -0.153. The quantitative estimate of drug-likeness (QED) is 0.730. The van der Waals surface area contributed by atoms with Crippen molar-refractivity contribution in [2.24, 2.45) is 17.6 Å². The second kappa shape index (κ2) is 6.54. The molecule has 0 aromatic rings. The van der Waals surface area contributed by atoms with Gasteiger partial charge >= 0.3 is 0 Å². The summed E-state index contributed by atoms with van der Waals surface area (Å²) in [6.07, 6.45) is 2.68. The highest BCUT2D eigenvalue weighted by Crippen LogP contribution is 2.31. The van der Waals surface area contributed by atoms with Crippen molar-refractivity contribution in [3.05, 3.63) is 0 Å². The van der Waals surface area contributed by atoms with E-state index in [-0.39, 0.29) is 30.4 Å². The summed E-state index contributed by atoms with van der Waals surface area (Å²) in [5.41, 5.74) is 6.00. The van der Waals surface area contributed by atoms with Gasteiger partial charge in [-0.15, -0.1) is 0 Å². The van der Waals surface area contributed by atoms with Crippen LogP contribution < -0.4 is 11.1 Å². The van der Waals surface area contributed by atoms with Gasteiger partial charge in [0.1, 0.15) is 6.04 Å². The molecule has 0 aromatic carbocycles. The second-order valence-electron chi connectivity index (χ2n) is 5.89. The van der Waals surface area contributed by atoms with Gasteiger partial charge in [0.15, 0.2) is 0 Å². The number of likely N-dealkylation sites (N-methyl/N-ethyl adjacent to an activating group) is 1. The predicted molar refractivity (Wildman–Crippen MR) is 74.9 cm³/mol. The van der Waals surface area contributed by atoms with Crippen LogP contribution in [-0.2, 0) is 14.3 Å². The van der Waals surface area contributed by atoms with Crippen molar-refractivity contribution in [2.45, 2.75) is 38.3 Å². The molecule has 20 heavy (non-hydrogen) atoms. The zero-order chi connectivity index (χ0) is 14.7. The maximum Gasteiger partial charge on any atom is 0.244 e. The number of nitrogens with one attached hydrogen (secondary N) is 1. The maximum absolute atomic E-state index is 12.8. The zero-order valence-electron chi connectivity index (χ0n) is 12.3. The Morgan fingerprint density at radius 2 is 2.10 bits per heavy atom. The van der Waals surface area contributed by atoms with Crippen LogP contribution in [0.25, 0.3) is 0 Å². The Kier molecular flexibility index (Phi) is 4.99. The number of amides is 2. The zero-order valence-corrected chi connectivity index (χ0v) is 12.3.